The van der Waals surface area contributed by atoms with Gasteiger partial charge in [0.1, 0.15) is 0 Å². The van der Waals surface area contributed by atoms with Crippen LogP contribution in [0.1, 0.15) is 23.5 Å². The summed E-state index contributed by atoms with van der Waals surface area (Å²) in [5.41, 5.74) is 1.05. The van der Waals surface area contributed by atoms with Gasteiger partial charge in [0, 0.05) is 38.5 Å². The van der Waals surface area contributed by atoms with Crippen molar-refractivity contribution in [1.82, 2.24) is 20.5 Å². The summed E-state index contributed by atoms with van der Waals surface area (Å²) in [5.74, 6) is 1.25. The molecule has 1 aliphatic rings. The number of nitrogens with one attached hydrogen (secondary N) is 2. The lowest BCUT2D eigenvalue weighted by atomic mass is 10.4. The van der Waals surface area contributed by atoms with Gasteiger partial charge in [-0.05, 0) is 19.8 Å². The third-order valence-corrected chi connectivity index (χ3v) is 4.12. The molecular weight excluding hydrogens is 413 g/mol. The van der Waals surface area contributed by atoms with Crippen LogP contribution in [0.15, 0.2) is 10.4 Å². The van der Waals surface area contributed by atoms with E-state index in [1.807, 2.05) is 18.9 Å². The number of guanidine groups is 1. The van der Waals surface area contributed by atoms with Gasteiger partial charge in [0.25, 0.3) is 0 Å². The topological polar surface area (TPSA) is 69.6 Å². The van der Waals surface area contributed by atoms with Crippen molar-refractivity contribution in [3.8, 4) is 0 Å². The smallest absolute Gasteiger partial charge is 0.223 e. The summed E-state index contributed by atoms with van der Waals surface area (Å²) in [4.78, 5) is 22.2. The van der Waals surface area contributed by atoms with Crippen molar-refractivity contribution in [2.24, 2.45) is 10.9 Å². The maximum absolute atomic E-state index is 11.5. The highest BCUT2D eigenvalue weighted by Gasteiger charge is 2.28. The molecule has 0 unspecified atom stereocenters. The minimum atomic E-state index is 0. The number of amides is 1. The second-order valence-electron chi connectivity index (χ2n) is 5.25. The van der Waals surface area contributed by atoms with Gasteiger partial charge >= 0.3 is 0 Å². The van der Waals surface area contributed by atoms with Crippen LogP contribution in [0.25, 0.3) is 0 Å². The molecule has 124 valence electrons. The van der Waals surface area contributed by atoms with E-state index in [1.54, 1.807) is 18.4 Å². The first-order valence-electron chi connectivity index (χ1n) is 7.20. The summed E-state index contributed by atoms with van der Waals surface area (Å²) >= 11 is 1.65. The molecule has 0 atom stereocenters. The van der Waals surface area contributed by atoms with Gasteiger partial charge in [0.15, 0.2) is 5.96 Å². The normalized spacial score (nSPS) is 14.2. The summed E-state index contributed by atoms with van der Waals surface area (Å²) in [5, 5.41) is 9.32. The number of nitrogens with zero attached hydrogens (tertiary/aromatic N) is 3. The van der Waals surface area contributed by atoms with E-state index in [4.69, 9.17) is 0 Å². The predicted molar refractivity (Wildman–Crippen MR) is 101 cm³/mol. The van der Waals surface area contributed by atoms with E-state index in [9.17, 15) is 4.79 Å². The molecule has 1 aliphatic carbocycles. The van der Waals surface area contributed by atoms with Crippen LogP contribution in [0.3, 0.4) is 0 Å². The number of halogens is 1. The molecule has 0 saturated heterocycles. The second kappa shape index (κ2) is 9.29. The first kappa shape index (κ1) is 19.1. The van der Waals surface area contributed by atoms with Gasteiger partial charge in [-0.1, -0.05) is 0 Å². The Bertz CT molecular complexity index is 515. The number of aliphatic imine (C=N–C) groups is 1. The van der Waals surface area contributed by atoms with Crippen LogP contribution in [0.5, 0.6) is 0 Å². The van der Waals surface area contributed by atoms with E-state index in [-0.39, 0.29) is 35.8 Å². The minimum Gasteiger partial charge on any atom is -0.354 e. The van der Waals surface area contributed by atoms with Crippen molar-refractivity contribution in [2.75, 3.05) is 27.2 Å². The Morgan fingerprint density at radius 1 is 1.45 bits per heavy atom. The van der Waals surface area contributed by atoms with Crippen molar-refractivity contribution in [3.05, 3.63) is 16.1 Å². The van der Waals surface area contributed by atoms with E-state index in [1.165, 1.54) is 0 Å². The number of hydrogen-bond acceptors (Lipinski definition) is 4. The molecule has 2 N–H and O–H groups in total. The molecule has 22 heavy (non-hydrogen) atoms. The number of thiazole rings is 1. The standard InChI is InChI=1S/C14H23N5OS.HI/c1-10-18-12(9-21-10)8-19(3)14(15-2)17-7-6-16-13(20)11-4-5-11;/h9,11H,4-8H2,1-3H3,(H,15,17)(H,16,20);1H. The van der Waals surface area contributed by atoms with Crippen LogP contribution < -0.4 is 10.6 Å². The molecule has 6 nitrogen and oxygen atoms in total. The Morgan fingerprint density at radius 3 is 2.68 bits per heavy atom. The Labute approximate surface area is 152 Å². The Hall–Kier alpha value is -0.900. The number of aryl methyl sites for hydroxylation is 1. The molecule has 1 heterocycles. The van der Waals surface area contributed by atoms with Crippen LogP contribution in [0.2, 0.25) is 0 Å². The van der Waals surface area contributed by atoms with Gasteiger partial charge in [-0.25, -0.2) is 4.98 Å². The van der Waals surface area contributed by atoms with Crippen molar-refractivity contribution >= 4 is 47.2 Å². The molecular formula is C14H24IN5OS. The molecule has 1 aromatic heterocycles. The summed E-state index contributed by atoms with van der Waals surface area (Å²) in [6.45, 7) is 4.02. The molecule has 0 aromatic carbocycles. The van der Waals surface area contributed by atoms with E-state index < -0.39 is 0 Å². The van der Waals surface area contributed by atoms with Crippen molar-refractivity contribution in [3.63, 3.8) is 0 Å². The largest absolute Gasteiger partial charge is 0.354 e. The average Bonchev–Trinajstić information content (AvgIpc) is 3.23. The summed E-state index contributed by atoms with van der Waals surface area (Å²) in [6.07, 6.45) is 2.08. The number of rotatable bonds is 6. The predicted octanol–water partition coefficient (Wildman–Crippen LogP) is 1.60. The van der Waals surface area contributed by atoms with Crippen molar-refractivity contribution < 1.29 is 4.79 Å². The lowest BCUT2D eigenvalue weighted by molar-refractivity contribution is -0.122. The number of carbonyl (C=O) groups excluding carboxylic acids is 1. The van der Waals surface area contributed by atoms with Gasteiger partial charge in [-0.15, -0.1) is 35.3 Å². The fourth-order valence-electron chi connectivity index (χ4n) is 2.03. The lowest BCUT2D eigenvalue weighted by Gasteiger charge is -2.21. The molecule has 0 aliphatic heterocycles. The molecule has 1 amide bonds. The minimum absolute atomic E-state index is 0. The van der Waals surface area contributed by atoms with Gasteiger partial charge in [0.05, 0.1) is 17.2 Å². The Kier molecular flexibility index (Phi) is 8.08. The van der Waals surface area contributed by atoms with Crippen LogP contribution in [0.4, 0.5) is 0 Å². The zero-order valence-electron chi connectivity index (χ0n) is 13.3. The van der Waals surface area contributed by atoms with Crippen molar-refractivity contribution in [2.45, 2.75) is 26.3 Å². The van der Waals surface area contributed by atoms with E-state index >= 15 is 0 Å². The monoisotopic (exact) mass is 437 g/mol. The van der Waals surface area contributed by atoms with Gasteiger partial charge < -0.3 is 15.5 Å². The Morgan fingerprint density at radius 2 is 2.14 bits per heavy atom. The van der Waals surface area contributed by atoms with Gasteiger partial charge in [-0.2, -0.15) is 0 Å². The van der Waals surface area contributed by atoms with Crippen LogP contribution >= 0.6 is 35.3 Å². The first-order valence-corrected chi connectivity index (χ1v) is 8.08. The number of carbonyl (C=O) groups is 1. The molecule has 1 fully saturated rings. The first-order chi connectivity index (χ1) is 10.1. The summed E-state index contributed by atoms with van der Waals surface area (Å²) < 4.78 is 0. The lowest BCUT2D eigenvalue weighted by Crippen LogP contribution is -2.42. The van der Waals surface area contributed by atoms with Crippen LogP contribution in [0, 0.1) is 12.8 Å². The fourth-order valence-corrected chi connectivity index (χ4v) is 2.64. The quantitative estimate of drug-likeness (QED) is 0.307. The second-order valence-corrected chi connectivity index (χ2v) is 6.32. The highest BCUT2D eigenvalue weighted by molar-refractivity contribution is 14.0. The zero-order valence-corrected chi connectivity index (χ0v) is 16.4. The molecule has 1 saturated carbocycles. The highest BCUT2D eigenvalue weighted by Crippen LogP contribution is 2.28. The molecule has 2 rings (SSSR count). The number of hydrogen-bond donors (Lipinski definition) is 2. The molecule has 0 bridgehead atoms. The summed E-state index contributed by atoms with van der Waals surface area (Å²) in [7, 11) is 3.74. The molecule has 0 spiro atoms. The van der Waals surface area contributed by atoms with E-state index in [0.717, 1.165) is 36.0 Å². The fraction of sp³-hybridized carbons (Fsp3) is 0.643. The zero-order chi connectivity index (χ0) is 15.2. The molecule has 0 radical (unpaired) electrons. The number of aromatic nitrogens is 1. The summed E-state index contributed by atoms with van der Waals surface area (Å²) in [6, 6.07) is 0. The maximum Gasteiger partial charge on any atom is 0.223 e. The van der Waals surface area contributed by atoms with Crippen LogP contribution in [-0.2, 0) is 11.3 Å². The third-order valence-electron chi connectivity index (χ3n) is 3.29. The molecule has 8 heteroatoms. The SMILES string of the molecule is CN=C(NCCNC(=O)C1CC1)N(C)Cc1csc(C)n1.I. The van der Waals surface area contributed by atoms with Crippen molar-refractivity contribution in [1.29, 1.82) is 0 Å². The maximum atomic E-state index is 11.5. The van der Waals surface area contributed by atoms with Crippen LogP contribution in [-0.4, -0.2) is 48.9 Å². The molecule has 1 aromatic rings. The van der Waals surface area contributed by atoms with E-state index in [0.29, 0.717) is 13.1 Å². The van der Waals surface area contributed by atoms with E-state index in [2.05, 4.69) is 26.0 Å². The average molecular weight is 437 g/mol. The van der Waals surface area contributed by atoms with Gasteiger partial charge in [0.2, 0.25) is 5.91 Å². The third kappa shape index (κ3) is 6.07. The Balaban J connectivity index is 0.00000242. The van der Waals surface area contributed by atoms with Gasteiger partial charge in [-0.3, -0.25) is 9.79 Å². The highest BCUT2D eigenvalue weighted by atomic mass is 127.